The molecule has 7 heteroatoms. The van der Waals surface area contributed by atoms with Crippen molar-refractivity contribution in [2.24, 2.45) is 0 Å². The Balaban J connectivity index is 1.67. The van der Waals surface area contributed by atoms with Crippen molar-refractivity contribution in [3.63, 3.8) is 0 Å². The minimum absolute atomic E-state index is 0.103. The van der Waals surface area contributed by atoms with Crippen molar-refractivity contribution >= 4 is 11.8 Å². The molecule has 0 saturated carbocycles. The normalized spacial score (nSPS) is 11.9. The Morgan fingerprint density at radius 1 is 0.903 bits per heavy atom. The third-order valence-electron chi connectivity index (χ3n) is 4.96. The molecule has 4 rings (SSSR count). The molecular weight excluding hydrogens is 406 g/mol. The lowest BCUT2D eigenvalue weighted by Crippen LogP contribution is -2.10. The van der Waals surface area contributed by atoms with Gasteiger partial charge in [0.2, 0.25) is 11.8 Å². The summed E-state index contributed by atoms with van der Waals surface area (Å²) < 4.78 is 7.83. The van der Waals surface area contributed by atoms with Crippen molar-refractivity contribution in [2.75, 3.05) is 0 Å². The molecule has 0 fully saturated rings. The summed E-state index contributed by atoms with van der Waals surface area (Å²) in [5, 5.41) is 18.1. The van der Waals surface area contributed by atoms with Gasteiger partial charge in [-0.05, 0) is 23.1 Å². The predicted molar refractivity (Wildman–Crippen MR) is 123 cm³/mol. The number of hydrogen-bond acceptors (Lipinski definition) is 6. The van der Waals surface area contributed by atoms with Gasteiger partial charge in [0.1, 0.15) is 0 Å². The van der Waals surface area contributed by atoms with E-state index in [1.54, 1.807) is 0 Å². The number of rotatable bonds is 6. The van der Waals surface area contributed by atoms with Crippen LogP contribution in [0.1, 0.15) is 57.9 Å². The van der Waals surface area contributed by atoms with Crippen LogP contribution in [-0.2, 0) is 11.2 Å². The fraction of sp³-hybridized carbons (Fsp3) is 0.333. The highest BCUT2D eigenvalue weighted by Crippen LogP contribution is 2.31. The maximum absolute atomic E-state index is 5.75. The third-order valence-corrected chi connectivity index (χ3v) is 5.87. The van der Waals surface area contributed by atoms with Gasteiger partial charge in [-0.3, -0.25) is 4.57 Å². The van der Waals surface area contributed by atoms with Crippen molar-refractivity contribution in [3.05, 3.63) is 71.9 Å². The largest absolute Gasteiger partial charge is 0.424 e. The molecule has 31 heavy (non-hydrogen) atoms. The van der Waals surface area contributed by atoms with Gasteiger partial charge >= 0.3 is 0 Å². The van der Waals surface area contributed by atoms with Crippen LogP contribution in [0.3, 0.4) is 0 Å². The van der Waals surface area contributed by atoms with Gasteiger partial charge in [-0.15, -0.1) is 20.4 Å². The number of para-hydroxylation sites is 1. The summed E-state index contributed by atoms with van der Waals surface area (Å²) in [7, 11) is 0. The van der Waals surface area contributed by atoms with Gasteiger partial charge in [-0.25, -0.2) is 0 Å². The van der Waals surface area contributed by atoms with Gasteiger partial charge in [-0.1, -0.05) is 88.8 Å². The van der Waals surface area contributed by atoms with Crippen LogP contribution >= 0.6 is 11.8 Å². The molecule has 4 aromatic rings. The first-order valence-electron chi connectivity index (χ1n) is 10.4. The molecule has 0 N–H and O–H groups in total. The van der Waals surface area contributed by atoms with E-state index in [-0.39, 0.29) is 11.3 Å². The first kappa shape index (κ1) is 21.3. The first-order chi connectivity index (χ1) is 14.8. The van der Waals surface area contributed by atoms with E-state index in [1.807, 2.05) is 32.0 Å². The average molecular weight is 434 g/mol. The molecule has 0 amide bonds. The van der Waals surface area contributed by atoms with Crippen LogP contribution in [0.4, 0.5) is 0 Å². The van der Waals surface area contributed by atoms with Gasteiger partial charge < -0.3 is 4.42 Å². The number of aromatic nitrogens is 5. The zero-order chi connectivity index (χ0) is 22.0. The Morgan fingerprint density at radius 3 is 2.23 bits per heavy atom. The molecule has 2 heterocycles. The van der Waals surface area contributed by atoms with Crippen molar-refractivity contribution in [1.29, 1.82) is 0 Å². The van der Waals surface area contributed by atoms with Gasteiger partial charge in [0, 0.05) is 17.2 Å². The first-order valence-corrected chi connectivity index (χ1v) is 11.4. The lowest BCUT2D eigenvalue weighted by molar-refractivity contribution is 0.445. The molecule has 0 unspecified atom stereocenters. The van der Waals surface area contributed by atoms with E-state index in [2.05, 4.69) is 82.1 Å². The van der Waals surface area contributed by atoms with Gasteiger partial charge in [0.15, 0.2) is 11.0 Å². The van der Waals surface area contributed by atoms with Gasteiger partial charge in [0.25, 0.3) is 0 Å². The zero-order valence-electron chi connectivity index (χ0n) is 18.5. The van der Waals surface area contributed by atoms with Crippen LogP contribution in [0.15, 0.2) is 64.2 Å². The van der Waals surface area contributed by atoms with Crippen LogP contribution in [0.2, 0.25) is 0 Å². The molecule has 160 valence electrons. The van der Waals surface area contributed by atoms with Crippen LogP contribution in [0.25, 0.3) is 17.1 Å². The number of hydrogen-bond donors (Lipinski definition) is 0. The topological polar surface area (TPSA) is 69.6 Å². The van der Waals surface area contributed by atoms with Crippen LogP contribution in [-0.4, -0.2) is 25.0 Å². The highest BCUT2D eigenvalue weighted by atomic mass is 32.2. The summed E-state index contributed by atoms with van der Waals surface area (Å²) in [6, 6.07) is 18.7. The molecule has 2 aromatic carbocycles. The molecule has 0 atom stereocenters. The second kappa shape index (κ2) is 8.67. The molecule has 0 spiro atoms. The van der Waals surface area contributed by atoms with Crippen LogP contribution < -0.4 is 0 Å². The second-order valence-corrected chi connectivity index (χ2v) is 9.72. The molecule has 2 aromatic heterocycles. The average Bonchev–Trinajstić information content (AvgIpc) is 3.39. The number of nitrogens with zero attached hydrogens (tertiary/aromatic N) is 5. The summed E-state index contributed by atoms with van der Waals surface area (Å²) in [6.45, 7) is 10.7. The molecule has 0 radical (unpaired) electrons. The van der Waals surface area contributed by atoms with Crippen molar-refractivity contribution in [3.8, 4) is 17.1 Å². The quantitative estimate of drug-likeness (QED) is 0.346. The minimum atomic E-state index is 0.103. The number of thioether (sulfide) groups is 1. The lowest BCUT2D eigenvalue weighted by atomic mass is 9.87. The maximum Gasteiger partial charge on any atom is 0.226 e. The Bertz CT molecular complexity index is 1140. The second-order valence-electron chi connectivity index (χ2n) is 8.78. The molecule has 6 nitrogen and oxygen atoms in total. The molecule has 0 bridgehead atoms. The predicted octanol–water partition coefficient (Wildman–Crippen LogP) is 6.03. The van der Waals surface area contributed by atoms with E-state index in [1.165, 1.54) is 17.3 Å². The summed E-state index contributed by atoms with van der Waals surface area (Å²) in [5.74, 6) is 2.80. The van der Waals surface area contributed by atoms with Gasteiger partial charge in [-0.2, -0.15) is 0 Å². The fourth-order valence-corrected chi connectivity index (χ4v) is 3.95. The van der Waals surface area contributed by atoms with E-state index in [9.17, 15) is 0 Å². The van der Waals surface area contributed by atoms with E-state index < -0.39 is 0 Å². The SMILES string of the molecule is CC(C)c1nnc(CSc2nnc(-c3ccc(C(C)(C)C)cc3)n2-c2ccccc2)o1. The smallest absolute Gasteiger partial charge is 0.226 e. The zero-order valence-corrected chi connectivity index (χ0v) is 19.3. The van der Waals surface area contributed by atoms with E-state index >= 15 is 0 Å². The van der Waals surface area contributed by atoms with Crippen molar-refractivity contribution in [1.82, 2.24) is 25.0 Å². The highest BCUT2D eigenvalue weighted by molar-refractivity contribution is 7.98. The van der Waals surface area contributed by atoms with Crippen LogP contribution in [0.5, 0.6) is 0 Å². The molecule has 0 aliphatic heterocycles. The van der Waals surface area contributed by atoms with Crippen molar-refractivity contribution in [2.45, 2.75) is 56.9 Å². The summed E-state index contributed by atoms with van der Waals surface area (Å²) in [5.41, 5.74) is 3.43. The summed E-state index contributed by atoms with van der Waals surface area (Å²) in [4.78, 5) is 0. The van der Waals surface area contributed by atoms with E-state index in [0.29, 0.717) is 17.5 Å². The number of benzene rings is 2. The summed E-state index contributed by atoms with van der Waals surface area (Å²) in [6.07, 6.45) is 0. The van der Waals surface area contributed by atoms with Gasteiger partial charge in [0.05, 0.1) is 5.75 Å². The molecule has 0 aliphatic rings. The Labute approximate surface area is 187 Å². The Kier molecular flexibility index (Phi) is 5.96. The Hall–Kier alpha value is -2.93. The van der Waals surface area contributed by atoms with Crippen LogP contribution in [0, 0.1) is 0 Å². The van der Waals surface area contributed by atoms with E-state index in [4.69, 9.17) is 4.42 Å². The minimum Gasteiger partial charge on any atom is -0.424 e. The Morgan fingerprint density at radius 2 is 1.61 bits per heavy atom. The highest BCUT2D eigenvalue weighted by Gasteiger charge is 2.19. The third kappa shape index (κ3) is 4.71. The summed E-state index contributed by atoms with van der Waals surface area (Å²) >= 11 is 1.54. The van der Waals surface area contributed by atoms with E-state index in [0.717, 1.165) is 22.2 Å². The standard InChI is InChI=1S/C24H27N5OS/c1-16(2)22-27-25-20(30-22)15-31-23-28-26-21(29(23)19-9-7-6-8-10-19)17-11-13-18(14-12-17)24(3,4)5/h6-14,16H,15H2,1-5H3. The molecule has 0 saturated heterocycles. The lowest BCUT2D eigenvalue weighted by Gasteiger charge is -2.19. The molecule has 0 aliphatic carbocycles. The monoisotopic (exact) mass is 433 g/mol. The fourth-order valence-electron chi connectivity index (χ4n) is 3.16. The molecular formula is C24H27N5OS. The van der Waals surface area contributed by atoms with Crippen molar-refractivity contribution < 1.29 is 4.42 Å². The maximum atomic E-state index is 5.75.